The number of carbonyl (C=O) groups excluding carboxylic acids is 1. The van der Waals surface area contributed by atoms with Crippen molar-refractivity contribution < 1.29 is 4.79 Å². The van der Waals surface area contributed by atoms with Crippen LogP contribution in [0.15, 0.2) is 24.3 Å². The van der Waals surface area contributed by atoms with Gasteiger partial charge in [-0.3, -0.25) is 9.69 Å². The Bertz CT molecular complexity index is 483. The van der Waals surface area contributed by atoms with E-state index in [2.05, 4.69) is 27.7 Å². The molecule has 2 fully saturated rings. The Morgan fingerprint density at radius 2 is 2.10 bits per heavy atom. The van der Waals surface area contributed by atoms with Gasteiger partial charge in [0.1, 0.15) is 0 Å². The average molecular weight is 310 g/mol. The molecule has 2 heterocycles. The molecule has 116 valence electrons. The van der Waals surface area contributed by atoms with Crippen molar-refractivity contribution in [1.82, 2.24) is 15.5 Å². The van der Waals surface area contributed by atoms with Gasteiger partial charge in [0.05, 0.1) is 0 Å². The molecule has 2 aliphatic heterocycles. The maximum atomic E-state index is 11.5. The minimum Gasteiger partial charge on any atom is -0.355 e. The Kier molecular flexibility index (Phi) is 5.25. The van der Waals surface area contributed by atoms with Gasteiger partial charge in [-0.2, -0.15) is 0 Å². The predicted octanol–water partition coefficient (Wildman–Crippen LogP) is 1.65. The highest BCUT2D eigenvalue weighted by Gasteiger charge is 2.39. The fourth-order valence-corrected chi connectivity index (χ4v) is 3.47. The molecular formula is C16H24ClN3O. The fourth-order valence-electron chi connectivity index (χ4n) is 3.47. The lowest BCUT2D eigenvalue weighted by atomic mass is 9.86. The molecule has 1 aromatic carbocycles. The zero-order chi connectivity index (χ0) is 14.0. The summed E-state index contributed by atoms with van der Waals surface area (Å²) >= 11 is 0. The van der Waals surface area contributed by atoms with Gasteiger partial charge >= 0.3 is 0 Å². The van der Waals surface area contributed by atoms with E-state index in [1.165, 1.54) is 44.6 Å². The molecule has 0 radical (unpaired) electrons. The van der Waals surface area contributed by atoms with Crippen molar-refractivity contribution in [3.63, 3.8) is 0 Å². The molecule has 4 nitrogen and oxygen atoms in total. The van der Waals surface area contributed by atoms with Gasteiger partial charge in [-0.1, -0.05) is 12.1 Å². The number of nitrogens with zero attached hydrogens (tertiary/aromatic N) is 1. The first kappa shape index (κ1) is 16.3. The number of carbonyl (C=O) groups is 1. The molecule has 0 aliphatic carbocycles. The van der Waals surface area contributed by atoms with Crippen molar-refractivity contribution in [2.24, 2.45) is 5.41 Å². The van der Waals surface area contributed by atoms with Crippen LogP contribution in [-0.2, 0) is 6.54 Å². The molecule has 2 aliphatic rings. The van der Waals surface area contributed by atoms with Crippen LogP contribution >= 0.6 is 12.4 Å². The van der Waals surface area contributed by atoms with Gasteiger partial charge in [0.25, 0.3) is 5.91 Å². The Labute approximate surface area is 132 Å². The number of benzene rings is 1. The summed E-state index contributed by atoms with van der Waals surface area (Å²) in [6, 6.07) is 7.97. The van der Waals surface area contributed by atoms with Crippen LogP contribution in [0.5, 0.6) is 0 Å². The van der Waals surface area contributed by atoms with Crippen molar-refractivity contribution in [2.75, 3.05) is 33.2 Å². The van der Waals surface area contributed by atoms with Gasteiger partial charge in [-0.05, 0) is 49.0 Å². The van der Waals surface area contributed by atoms with Crippen molar-refractivity contribution in [1.29, 1.82) is 0 Å². The summed E-state index contributed by atoms with van der Waals surface area (Å²) < 4.78 is 0. The first-order valence-electron chi connectivity index (χ1n) is 7.45. The van der Waals surface area contributed by atoms with Gasteiger partial charge in [0, 0.05) is 32.2 Å². The van der Waals surface area contributed by atoms with Crippen LogP contribution in [-0.4, -0.2) is 44.0 Å². The normalized spacial score (nSPS) is 25.0. The van der Waals surface area contributed by atoms with Crippen LogP contribution in [0.3, 0.4) is 0 Å². The Morgan fingerprint density at radius 1 is 1.33 bits per heavy atom. The van der Waals surface area contributed by atoms with E-state index >= 15 is 0 Å². The lowest BCUT2D eigenvalue weighted by Gasteiger charge is -2.22. The predicted molar refractivity (Wildman–Crippen MR) is 86.9 cm³/mol. The quantitative estimate of drug-likeness (QED) is 0.892. The van der Waals surface area contributed by atoms with Crippen molar-refractivity contribution in [3.8, 4) is 0 Å². The first-order valence-corrected chi connectivity index (χ1v) is 7.45. The molecule has 1 unspecified atom stereocenters. The Morgan fingerprint density at radius 3 is 2.71 bits per heavy atom. The average Bonchev–Trinajstić information content (AvgIpc) is 3.09. The van der Waals surface area contributed by atoms with E-state index in [1.807, 2.05) is 12.1 Å². The number of halogens is 1. The van der Waals surface area contributed by atoms with Crippen LogP contribution in [0.2, 0.25) is 0 Å². The number of amides is 1. The molecule has 2 saturated heterocycles. The minimum absolute atomic E-state index is 0. The third-order valence-corrected chi connectivity index (χ3v) is 4.70. The molecule has 0 aromatic heterocycles. The van der Waals surface area contributed by atoms with E-state index < -0.39 is 0 Å². The number of hydrogen-bond donors (Lipinski definition) is 2. The third kappa shape index (κ3) is 3.57. The van der Waals surface area contributed by atoms with Crippen LogP contribution in [0.1, 0.15) is 28.8 Å². The highest BCUT2D eigenvalue weighted by atomic mass is 35.5. The van der Waals surface area contributed by atoms with E-state index in [-0.39, 0.29) is 18.3 Å². The lowest BCUT2D eigenvalue weighted by molar-refractivity contribution is 0.0963. The van der Waals surface area contributed by atoms with Crippen LogP contribution in [0, 0.1) is 5.41 Å². The summed E-state index contributed by atoms with van der Waals surface area (Å²) in [7, 11) is 1.66. The van der Waals surface area contributed by atoms with Crippen LogP contribution in [0.4, 0.5) is 0 Å². The van der Waals surface area contributed by atoms with Gasteiger partial charge in [0.15, 0.2) is 0 Å². The summed E-state index contributed by atoms with van der Waals surface area (Å²) in [5, 5.41) is 6.15. The smallest absolute Gasteiger partial charge is 0.251 e. The summed E-state index contributed by atoms with van der Waals surface area (Å²) in [6.45, 7) is 5.75. The van der Waals surface area contributed by atoms with Crippen LogP contribution < -0.4 is 10.6 Å². The zero-order valence-corrected chi connectivity index (χ0v) is 13.3. The molecule has 1 aromatic rings. The maximum Gasteiger partial charge on any atom is 0.251 e. The van der Waals surface area contributed by atoms with Gasteiger partial charge in [0.2, 0.25) is 0 Å². The maximum absolute atomic E-state index is 11.5. The largest absolute Gasteiger partial charge is 0.355 e. The molecule has 1 atom stereocenters. The van der Waals surface area contributed by atoms with Crippen LogP contribution in [0.25, 0.3) is 0 Å². The van der Waals surface area contributed by atoms with E-state index in [0.29, 0.717) is 5.41 Å². The first-order chi connectivity index (χ1) is 9.71. The van der Waals surface area contributed by atoms with Crippen molar-refractivity contribution >= 4 is 18.3 Å². The second-order valence-corrected chi connectivity index (χ2v) is 6.16. The van der Waals surface area contributed by atoms with E-state index in [9.17, 15) is 4.79 Å². The molecule has 1 spiro atoms. The second-order valence-electron chi connectivity index (χ2n) is 6.16. The molecule has 21 heavy (non-hydrogen) atoms. The SMILES string of the molecule is CNC(=O)c1ccc(CN2CCC3(CCNC3)C2)cc1.Cl. The third-order valence-electron chi connectivity index (χ3n) is 4.70. The van der Waals surface area contributed by atoms with E-state index in [0.717, 1.165) is 12.1 Å². The lowest BCUT2D eigenvalue weighted by Crippen LogP contribution is -2.28. The molecule has 2 N–H and O–H groups in total. The monoisotopic (exact) mass is 309 g/mol. The van der Waals surface area contributed by atoms with E-state index in [4.69, 9.17) is 0 Å². The Hall–Kier alpha value is -1.10. The topological polar surface area (TPSA) is 44.4 Å². The molecule has 0 bridgehead atoms. The highest BCUT2D eigenvalue weighted by Crippen LogP contribution is 2.36. The summed E-state index contributed by atoms with van der Waals surface area (Å²) in [5.41, 5.74) is 2.55. The molecule has 1 amide bonds. The number of likely N-dealkylation sites (tertiary alicyclic amines) is 1. The summed E-state index contributed by atoms with van der Waals surface area (Å²) in [5.74, 6) is -0.0197. The van der Waals surface area contributed by atoms with Gasteiger partial charge in [-0.25, -0.2) is 0 Å². The summed E-state index contributed by atoms with van der Waals surface area (Å²) in [4.78, 5) is 14.1. The number of rotatable bonds is 3. The molecule has 3 rings (SSSR count). The highest BCUT2D eigenvalue weighted by molar-refractivity contribution is 5.93. The molecule has 5 heteroatoms. The van der Waals surface area contributed by atoms with Crippen molar-refractivity contribution in [2.45, 2.75) is 19.4 Å². The Balaban J connectivity index is 0.00000161. The molecule has 0 saturated carbocycles. The minimum atomic E-state index is -0.0197. The standard InChI is InChI=1S/C16H23N3O.ClH/c1-17-15(20)14-4-2-13(3-5-14)10-19-9-7-16(12-19)6-8-18-11-16;/h2-5,18H,6-12H2,1H3,(H,17,20);1H. The van der Waals surface area contributed by atoms with Gasteiger partial charge in [-0.15, -0.1) is 12.4 Å². The number of nitrogens with one attached hydrogen (secondary N) is 2. The van der Waals surface area contributed by atoms with Crippen molar-refractivity contribution in [3.05, 3.63) is 35.4 Å². The fraction of sp³-hybridized carbons (Fsp3) is 0.562. The second kappa shape index (κ2) is 6.77. The summed E-state index contributed by atoms with van der Waals surface area (Å²) in [6.07, 6.45) is 2.63. The number of hydrogen-bond acceptors (Lipinski definition) is 3. The zero-order valence-electron chi connectivity index (χ0n) is 12.5. The van der Waals surface area contributed by atoms with E-state index in [1.54, 1.807) is 7.05 Å². The molecular weight excluding hydrogens is 286 g/mol. The van der Waals surface area contributed by atoms with Gasteiger partial charge < -0.3 is 10.6 Å².